The molecule has 88 valence electrons. The number of halogens is 1. The lowest BCUT2D eigenvalue weighted by Gasteiger charge is -2.04. The smallest absolute Gasteiger partial charge is 0.256 e. The topological polar surface area (TPSA) is 110 Å². The zero-order valence-electron chi connectivity index (χ0n) is 8.70. The number of H-pyrrole nitrogens is 1. The number of carbonyl (C=O) groups is 1. The summed E-state index contributed by atoms with van der Waals surface area (Å²) in [6.45, 7) is 0. The lowest BCUT2D eigenvalue weighted by Crippen LogP contribution is -2.14. The van der Waals surface area contributed by atoms with E-state index in [-0.39, 0.29) is 17.2 Å². The number of nitrogens with one attached hydrogen (secondary N) is 2. The van der Waals surface area contributed by atoms with Gasteiger partial charge in [-0.2, -0.15) is 5.10 Å². The Kier molecular flexibility index (Phi) is 2.88. The van der Waals surface area contributed by atoms with Crippen LogP contribution in [0.1, 0.15) is 10.4 Å². The number of carbonyl (C=O) groups excluding carboxylic acids is 1. The molecule has 0 bridgehead atoms. The molecule has 0 saturated heterocycles. The van der Waals surface area contributed by atoms with Gasteiger partial charge >= 0.3 is 0 Å². The Morgan fingerprint density at radius 1 is 1.47 bits per heavy atom. The summed E-state index contributed by atoms with van der Waals surface area (Å²) in [6, 6.07) is 6.98. The third kappa shape index (κ3) is 2.31. The zero-order chi connectivity index (χ0) is 12.4. The molecule has 1 aromatic carbocycles. The minimum atomic E-state index is -0.652. The number of amides is 1. The van der Waals surface area contributed by atoms with E-state index in [2.05, 4.69) is 15.5 Å². The molecule has 2 aromatic rings. The Labute approximate surface area is 102 Å². The third-order valence-corrected chi connectivity index (χ3v) is 2.36. The maximum absolute atomic E-state index is 11.2. The van der Waals surface area contributed by atoms with Crippen LogP contribution in [0.3, 0.4) is 0 Å². The summed E-state index contributed by atoms with van der Waals surface area (Å²) in [4.78, 5) is 11.2. The fourth-order valence-corrected chi connectivity index (χ4v) is 1.59. The van der Waals surface area contributed by atoms with Crippen molar-refractivity contribution >= 4 is 34.8 Å². The molecule has 0 saturated carbocycles. The van der Waals surface area contributed by atoms with Gasteiger partial charge in [0, 0.05) is 10.7 Å². The molecule has 7 heteroatoms. The van der Waals surface area contributed by atoms with E-state index < -0.39 is 5.91 Å². The average molecular weight is 252 g/mol. The quantitative estimate of drug-likeness (QED) is 0.662. The number of benzene rings is 1. The molecule has 0 unspecified atom stereocenters. The summed E-state index contributed by atoms with van der Waals surface area (Å²) in [5.41, 5.74) is 11.6. The van der Waals surface area contributed by atoms with E-state index in [0.29, 0.717) is 10.7 Å². The van der Waals surface area contributed by atoms with Gasteiger partial charge in [0.1, 0.15) is 11.4 Å². The molecule has 1 aromatic heterocycles. The molecule has 17 heavy (non-hydrogen) atoms. The standard InChI is InChI=1S/C10H10ClN5O/c11-5-2-1-3-6(4-5)14-10-7(9(13)17)8(12)15-16-10/h1-4H,(H2,13,17)(H4,12,14,15,16). The van der Waals surface area contributed by atoms with Crippen LogP contribution in [0.2, 0.25) is 5.02 Å². The molecule has 1 amide bonds. The van der Waals surface area contributed by atoms with Crippen LogP contribution >= 0.6 is 11.6 Å². The highest BCUT2D eigenvalue weighted by Gasteiger charge is 2.16. The van der Waals surface area contributed by atoms with Crippen LogP contribution in [0.5, 0.6) is 0 Å². The first-order valence-electron chi connectivity index (χ1n) is 4.74. The predicted molar refractivity (Wildman–Crippen MR) is 66.3 cm³/mol. The van der Waals surface area contributed by atoms with Crippen molar-refractivity contribution in [2.45, 2.75) is 0 Å². The molecule has 0 aliphatic carbocycles. The molecule has 0 atom stereocenters. The summed E-state index contributed by atoms with van der Waals surface area (Å²) in [5, 5.41) is 9.82. The molecular formula is C10H10ClN5O. The molecule has 0 aliphatic heterocycles. The van der Waals surface area contributed by atoms with Gasteiger partial charge in [0.15, 0.2) is 5.82 Å². The van der Waals surface area contributed by atoms with E-state index in [0.717, 1.165) is 0 Å². The number of anilines is 3. The Morgan fingerprint density at radius 2 is 2.24 bits per heavy atom. The average Bonchev–Trinajstić information content (AvgIpc) is 2.59. The van der Waals surface area contributed by atoms with E-state index in [1.54, 1.807) is 24.3 Å². The van der Waals surface area contributed by atoms with Crippen LogP contribution in [0.25, 0.3) is 0 Å². The molecule has 6 N–H and O–H groups in total. The van der Waals surface area contributed by atoms with Gasteiger partial charge in [0.25, 0.3) is 5.91 Å². The summed E-state index contributed by atoms with van der Waals surface area (Å²) < 4.78 is 0. The van der Waals surface area contributed by atoms with Crippen LogP contribution < -0.4 is 16.8 Å². The van der Waals surface area contributed by atoms with Crippen LogP contribution in [0, 0.1) is 0 Å². The fourth-order valence-electron chi connectivity index (χ4n) is 1.40. The second kappa shape index (κ2) is 4.34. The molecule has 0 fully saturated rings. The molecule has 0 aliphatic rings. The SMILES string of the molecule is NC(=O)c1c(Nc2cccc(Cl)c2)n[nH]c1N. The number of hydrogen-bond acceptors (Lipinski definition) is 4. The highest BCUT2D eigenvalue weighted by molar-refractivity contribution is 6.30. The van der Waals surface area contributed by atoms with Gasteiger partial charge in [0.2, 0.25) is 0 Å². The normalized spacial score (nSPS) is 10.2. The number of nitrogen functional groups attached to an aromatic ring is 1. The molecule has 6 nitrogen and oxygen atoms in total. The number of aromatic amines is 1. The Balaban J connectivity index is 2.33. The summed E-state index contributed by atoms with van der Waals surface area (Å²) >= 11 is 5.83. The van der Waals surface area contributed by atoms with Crippen LogP contribution in [-0.2, 0) is 0 Å². The molecule has 1 heterocycles. The van der Waals surface area contributed by atoms with Crippen molar-refractivity contribution in [1.29, 1.82) is 0 Å². The van der Waals surface area contributed by atoms with Crippen molar-refractivity contribution in [3.05, 3.63) is 34.9 Å². The van der Waals surface area contributed by atoms with Crippen molar-refractivity contribution < 1.29 is 4.79 Å². The van der Waals surface area contributed by atoms with Crippen LogP contribution in [-0.4, -0.2) is 16.1 Å². The maximum Gasteiger partial charge on any atom is 0.256 e. The fraction of sp³-hybridized carbons (Fsp3) is 0. The molecular weight excluding hydrogens is 242 g/mol. The first-order chi connectivity index (χ1) is 8.08. The number of primary amides is 1. The second-order valence-corrected chi connectivity index (χ2v) is 3.80. The zero-order valence-corrected chi connectivity index (χ0v) is 9.45. The highest BCUT2D eigenvalue weighted by atomic mass is 35.5. The second-order valence-electron chi connectivity index (χ2n) is 3.36. The molecule has 0 spiro atoms. The summed E-state index contributed by atoms with van der Waals surface area (Å²) in [5.74, 6) is -0.250. The number of nitrogens with two attached hydrogens (primary N) is 2. The number of aromatic nitrogens is 2. The first kappa shape index (κ1) is 11.3. The van der Waals surface area contributed by atoms with Gasteiger partial charge in [-0.15, -0.1) is 0 Å². The summed E-state index contributed by atoms with van der Waals surface area (Å²) in [7, 11) is 0. The maximum atomic E-state index is 11.2. The lowest BCUT2D eigenvalue weighted by molar-refractivity contribution is 0.100. The van der Waals surface area contributed by atoms with Gasteiger partial charge in [-0.3, -0.25) is 9.89 Å². The van der Waals surface area contributed by atoms with Gasteiger partial charge in [0.05, 0.1) is 0 Å². The third-order valence-electron chi connectivity index (χ3n) is 2.13. The predicted octanol–water partition coefficient (Wildman–Crippen LogP) is 1.49. The number of nitrogens with zero attached hydrogens (tertiary/aromatic N) is 1. The van der Waals surface area contributed by atoms with E-state index in [1.807, 2.05) is 0 Å². The minimum Gasteiger partial charge on any atom is -0.383 e. The van der Waals surface area contributed by atoms with E-state index in [1.165, 1.54) is 0 Å². The largest absolute Gasteiger partial charge is 0.383 e. The minimum absolute atomic E-state index is 0.127. The molecule has 2 rings (SSSR count). The van der Waals surface area contributed by atoms with Gasteiger partial charge in [-0.25, -0.2) is 0 Å². The Morgan fingerprint density at radius 3 is 2.88 bits per heavy atom. The highest BCUT2D eigenvalue weighted by Crippen LogP contribution is 2.23. The van der Waals surface area contributed by atoms with Crippen molar-refractivity contribution in [1.82, 2.24) is 10.2 Å². The first-order valence-corrected chi connectivity index (χ1v) is 5.12. The van der Waals surface area contributed by atoms with Crippen LogP contribution in [0.15, 0.2) is 24.3 Å². The van der Waals surface area contributed by atoms with E-state index in [9.17, 15) is 4.79 Å². The van der Waals surface area contributed by atoms with Crippen molar-refractivity contribution in [3.8, 4) is 0 Å². The lowest BCUT2D eigenvalue weighted by atomic mass is 10.2. The number of rotatable bonds is 3. The number of hydrogen-bond donors (Lipinski definition) is 4. The van der Waals surface area contributed by atoms with E-state index in [4.69, 9.17) is 23.1 Å². The Bertz CT molecular complexity index is 566. The van der Waals surface area contributed by atoms with Crippen molar-refractivity contribution in [3.63, 3.8) is 0 Å². The van der Waals surface area contributed by atoms with Gasteiger partial charge in [-0.1, -0.05) is 17.7 Å². The van der Waals surface area contributed by atoms with Crippen LogP contribution in [0.4, 0.5) is 17.3 Å². The molecule has 0 radical (unpaired) electrons. The van der Waals surface area contributed by atoms with Gasteiger partial charge in [-0.05, 0) is 18.2 Å². The Hall–Kier alpha value is -2.21. The monoisotopic (exact) mass is 251 g/mol. The summed E-state index contributed by atoms with van der Waals surface area (Å²) in [6.07, 6.45) is 0. The van der Waals surface area contributed by atoms with Gasteiger partial charge < -0.3 is 16.8 Å². The van der Waals surface area contributed by atoms with Crippen molar-refractivity contribution in [2.75, 3.05) is 11.1 Å². The van der Waals surface area contributed by atoms with E-state index >= 15 is 0 Å². The van der Waals surface area contributed by atoms with Crippen molar-refractivity contribution in [2.24, 2.45) is 5.73 Å².